The van der Waals surface area contributed by atoms with Gasteiger partial charge in [-0.25, -0.2) is 4.39 Å². The maximum atomic E-state index is 13.6. The van der Waals surface area contributed by atoms with Crippen molar-refractivity contribution in [2.24, 2.45) is 0 Å². The zero-order valence-corrected chi connectivity index (χ0v) is 19.3. The van der Waals surface area contributed by atoms with Crippen molar-refractivity contribution in [2.45, 2.75) is 12.6 Å². The first-order chi connectivity index (χ1) is 16.5. The molecule has 0 saturated heterocycles. The predicted octanol–water partition coefficient (Wildman–Crippen LogP) is 5.63. The van der Waals surface area contributed by atoms with Crippen LogP contribution in [0.25, 0.3) is 11.3 Å². The molecule has 0 bridgehead atoms. The summed E-state index contributed by atoms with van der Waals surface area (Å²) >= 11 is 6.09. The third-order valence-corrected chi connectivity index (χ3v) is 6.23. The second-order valence-electron chi connectivity index (χ2n) is 7.94. The first-order valence-corrected chi connectivity index (χ1v) is 11.0. The Morgan fingerprint density at radius 3 is 2.44 bits per heavy atom. The summed E-state index contributed by atoms with van der Waals surface area (Å²) in [6.07, 6.45) is 0. The van der Waals surface area contributed by atoms with E-state index in [1.54, 1.807) is 49.5 Å². The number of aromatic nitrogens is 2. The number of methoxy groups -OCH3 is 2. The van der Waals surface area contributed by atoms with E-state index in [2.05, 4.69) is 10.2 Å². The van der Waals surface area contributed by atoms with Crippen LogP contribution in [0.15, 0.2) is 66.7 Å². The van der Waals surface area contributed by atoms with E-state index in [4.69, 9.17) is 21.1 Å². The third kappa shape index (κ3) is 3.78. The van der Waals surface area contributed by atoms with Crippen LogP contribution in [0.5, 0.6) is 11.5 Å². The number of H-pyrrole nitrogens is 1. The van der Waals surface area contributed by atoms with Crippen LogP contribution in [-0.2, 0) is 6.54 Å². The number of amides is 1. The normalized spacial score (nSPS) is 14.9. The SMILES string of the molecule is COc1ccc(C2c3c(-c4ccc(Cl)cc4)n[nH]c3C(=O)N2Cc2ccc(F)cc2)c(OC)c1. The Labute approximate surface area is 200 Å². The number of carbonyl (C=O) groups excluding carboxylic acids is 1. The van der Waals surface area contributed by atoms with Crippen LogP contribution in [0.4, 0.5) is 4.39 Å². The van der Waals surface area contributed by atoms with E-state index in [-0.39, 0.29) is 18.3 Å². The van der Waals surface area contributed by atoms with Crippen molar-refractivity contribution >= 4 is 17.5 Å². The van der Waals surface area contributed by atoms with Crippen molar-refractivity contribution in [1.82, 2.24) is 15.1 Å². The lowest BCUT2D eigenvalue weighted by Gasteiger charge is -2.28. The smallest absolute Gasteiger partial charge is 0.273 e. The van der Waals surface area contributed by atoms with Gasteiger partial charge in [0.05, 0.1) is 26.0 Å². The summed E-state index contributed by atoms with van der Waals surface area (Å²) in [5, 5.41) is 8.02. The highest BCUT2D eigenvalue weighted by Gasteiger charge is 2.43. The second kappa shape index (κ2) is 8.83. The van der Waals surface area contributed by atoms with Crippen LogP contribution in [0.1, 0.15) is 33.2 Å². The highest BCUT2D eigenvalue weighted by Crippen LogP contribution is 2.46. The molecule has 1 aliphatic heterocycles. The summed E-state index contributed by atoms with van der Waals surface area (Å²) in [6.45, 7) is 0.279. The van der Waals surface area contributed by atoms with Gasteiger partial charge in [0.2, 0.25) is 0 Å². The molecule has 1 aromatic heterocycles. The number of ether oxygens (including phenoxy) is 2. The first-order valence-electron chi connectivity index (χ1n) is 10.6. The molecule has 1 amide bonds. The van der Waals surface area contributed by atoms with Crippen LogP contribution >= 0.6 is 11.6 Å². The molecule has 0 saturated carbocycles. The Morgan fingerprint density at radius 2 is 1.76 bits per heavy atom. The molecule has 3 aromatic carbocycles. The van der Waals surface area contributed by atoms with E-state index in [0.29, 0.717) is 27.9 Å². The van der Waals surface area contributed by atoms with E-state index >= 15 is 0 Å². The number of rotatable bonds is 6. The molecule has 8 heteroatoms. The molecular weight excluding hydrogens is 457 g/mol. The monoisotopic (exact) mass is 477 g/mol. The van der Waals surface area contributed by atoms with Gasteiger partial charge in [0.15, 0.2) is 0 Å². The molecule has 6 nitrogen and oxygen atoms in total. The van der Waals surface area contributed by atoms with Crippen molar-refractivity contribution in [3.8, 4) is 22.8 Å². The molecule has 34 heavy (non-hydrogen) atoms. The summed E-state index contributed by atoms with van der Waals surface area (Å²) in [6, 6.07) is 18.5. The minimum atomic E-state index is -0.488. The molecule has 5 rings (SSSR count). The van der Waals surface area contributed by atoms with Crippen molar-refractivity contribution < 1.29 is 18.7 Å². The summed E-state index contributed by atoms with van der Waals surface area (Å²) in [7, 11) is 3.16. The Hall–Kier alpha value is -3.84. The molecule has 0 aliphatic carbocycles. The molecule has 0 spiro atoms. The highest BCUT2D eigenvalue weighted by atomic mass is 35.5. The number of hydrogen-bond donors (Lipinski definition) is 1. The summed E-state index contributed by atoms with van der Waals surface area (Å²) in [5.74, 6) is 0.692. The van der Waals surface area contributed by atoms with E-state index < -0.39 is 6.04 Å². The summed E-state index contributed by atoms with van der Waals surface area (Å²) in [4.78, 5) is 15.3. The number of benzene rings is 3. The molecule has 1 aliphatic rings. The number of nitrogens with one attached hydrogen (secondary N) is 1. The van der Waals surface area contributed by atoms with Crippen LogP contribution in [0.3, 0.4) is 0 Å². The number of aromatic amines is 1. The number of carbonyl (C=O) groups is 1. The van der Waals surface area contributed by atoms with Crippen molar-refractivity contribution in [2.75, 3.05) is 14.2 Å². The first kappa shape index (κ1) is 22.0. The number of hydrogen-bond acceptors (Lipinski definition) is 4. The Morgan fingerprint density at radius 1 is 1.03 bits per heavy atom. The molecule has 1 atom stereocenters. The van der Waals surface area contributed by atoms with E-state index in [9.17, 15) is 9.18 Å². The summed E-state index contributed by atoms with van der Waals surface area (Å²) in [5.41, 5.74) is 4.24. The van der Waals surface area contributed by atoms with Gasteiger partial charge >= 0.3 is 0 Å². The molecule has 2 heterocycles. The Balaban J connectivity index is 1.67. The largest absolute Gasteiger partial charge is 0.497 e. The van der Waals surface area contributed by atoms with Gasteiger partial charge in [-0.3, -0.25) is 9.89 Å². The number of fused-ring (bicyclic) bond motifs is 1. The van der Waals surface area contributed by atoms with Crippen LogP contribution < -0.4 is 9.47 Å². The number of halogens is 2. The van der Waals surface area contributed by atoms with Gasteiger partial charge in [0.25, 0.3) is 5.91 Å². The van der Waals surface area contributed by atoms with Crippen LogP contribution in [0.2, 0.25) is 5.02 Å². The lowest BCUT2D eigenvalue weighted by atomic mass is 9.95. The summed E-state index contributed by atoms with van der Waals surface area (Å²) < 4.78 is 24.5. The van der Waals surface area contributed by atoms with E-state index in [0.717, 1.165) is 22.3 Å². The highest BCUT2D eigenvalue weighted by molar-refractivity contribution is 6.30. The van der Waals surface area contributed by atoms with Crippen LogP contribution in [-0.4, -0.2) is 35.2 Å². The van der Waals surface area contributed by atoms with Gasteiger partial charge in [-0.05, 0) is 42.0 Å². The van der Waals surface area contributed by atoms with E-state index in [1.807, 2.05) is 24.3 Å². The number of nitrogens with zero attached hydrogens (tertiary/aromatic N) is 2. The second-order valence-corrected chi connectivity index (χ2v) is 8.37. The minimum Gasteiger partial charge on any atom is -0.497 e. The van der Waals surface area contributed by atoms with Gasteiger partial charge in [-0.2, -0.15) is 5.10 Å². The molecular formula is C26H21ClFN3O3. The van der Waals surface area contributed by atoms with Gasteiger partial charge in [-0.1, -0.05) is 35.9 Å². The van der Waals surface area contributed by atoms with Crippen molar-refractivity contribution in [3.63, 3.8) is 0 Å². The maximum Gasteiger partial charge on any atom is 0.273 e. The Kier molecular flexibility index (Phi) is 5.71. The standard InChI is InChI=1S/C26H21ClFN3O3/c1-33-19-11-12-20(21(13-19)34-2)25-22-23(16-5-7-17(27)8-6-16)29-30-24(22)26(32)31(25)14-15-3-9-18(28)10-4-15/h3-13,25H,14H2,1-2H3,(H,29,30). The van der Waals surface area contributed by atoms with Gasteiger partial charge in [0, 0.05) is 34.3 Å². The third-order valence-electron chi connectivity index (χ3n) is 5.98. The molecule has 0 fully saturated rings. The lowest BCUT2D eigenvalue weighted by Crippen LogP contribution is -2.29. The predicted molar refractivity (Wildman–Crippen MR) is 127 cm³/mol. The van der Waals surface area contributed by atoms with Gasteiger partial charge in [-0.15, -0.1) is 0 Å². The van der Waals surface area contributed by atoms with Crippen molar-refractivity contribution in [3.05, 3.63) is 100.0 Å². The molecule has 1 N–H and O–H groups in total. The molecule has 1 unspecified atom stereocenters. The fraction of sp³-hybridized carbons (Fsp3) is 0.154. The minimum absolute atomic E-state index is 0.199. The lowest BCUT2D eigenvalue weighted by molar-refractivity contribution is 0.0728. The van der Waals surface area contributed by atoms with Gasteiger partial charge in [0.1, 0.15) is 23.0 Å². The van der Waals surface area contributed by atoms with Gasteiger partial charge < -0.3 is 14.4 Å². The zero-order valence-electron chi connectivity index (χ0n) is 18.5. The zero-order chi connectivity index (χ0) is 23.8. The Bertz CT molecular complexity index is 1350. The van der Waals surface area contributed by atoms with E-state index in [1.165, 1.54) is 12.1 Å². The average Bonchev–Trinajstić information content (AvgIpc) is 3.40. The maximum absolute atomic E-state index is 13.6. The molecule has 4 aromatic rings. The van der Waals surface area contributed by atoms with Crippen LogP contribution in [0, 0.1) is 5.82 Å². The molecule has 172 valence electrons. The fourth-order valence-electron chi connectivity index (χ4n) is 4.34. The van der Waals surface area contributed by atoms with Crippen molar-refractivity contribution in [1.29, 1.82) is 0 Å². The topological polar surface area (TPSA) is 67.5 Å². The molecule has 0 radical (unpaired) electrons. The average molecular weight is 478 g/mol. The fourth-order valence-corrected chi connectivity index (χ4v) is 4.47. The quantitative estimate of drug-likeness (QED) is 0.390.